The molecule has 1 fully saturated rings. The number of ether oxygens (including phenoxy) is 1. The fourth-order valence-corrected chi connectivity index (χ4v) is 4.16. The number of hydrogen-bond acceptors (Lipinski definition) is 5. The second-order valence-electron chi connectivity index (χ2n) is 6.74. The van der Waals surface area contributed by atoms with Gasteiger partial charge in [0.15, 0.2) is 5.16 Å². The maximum Gasteiger partial charge on any atom is 0.191 e. The molecule has 1 aromatic heterocycles. The second-order valence-corrected chi connectivity index (χ2v) is 7.73. The van der Waals surface area contributed by atoms with E-state index in [9.17, 15) is 0 Å². The van der Waals surface area contributed by atoms with Crippen LogP contribution < -0.4 is 4.74 Å². The van der Waals surface area contributed by atoms with E-state index in [1.807, 2.05) is 24.3 Å². The van der Waals surface area contributed by atoms with E-state index in [1.165, 1.54) is 12.8 Å². The zero-order valence-electron chi connectivity index (χ0n) is 16.2. The standard InChI is InChI=1S/C21H28N4OS/c1-4-15-27-21-23-22-20(24(21)2)18-11-8-14-25(16-18)13-7-10-17-9-5-6-12-19(17)26-3/h4-7,9-10,12,18H,1,8,11,13-16H2,2-3H3/b10-7+. The van der Waals surface area contributed by atoms with E-state index >= 15 is 0 Å². The minimum atomic E-state index is 0.439. The van der Waals surface area contributed by atoms with Gasteiger partial charge in [0, 0.05) is 37.4 Å². The first-order valence-corrected chi connectivity index (χ1v) is 10.4. The zero-order valence-corrected chi connectivity index (χ0v) is 17.0. The first-order valence-electron chi connectivity index (χ1n) is 9.37. The molecule has 2 heterocycles. The van der Waals surface area contributed by atoms with Crippen molar-refractivity contribution in [2.24, 2.45) is 7.05 Å². The lowest BCUT2D eigenvalue weighted by Crippen LogP contribution is -2.35. The summed E-state index contributed by atoms with van der Waals surface area (Å²) in [5, 5.41) is 9.80. The minimum absolute atomic E-state index is 0.439. The van der Waals surface area contributed by atoms with Gasteiger partial charge in [0.1, 0.15) is 11.6 Å². The van der Waals surface area contributed by atoms with E-state index < -0.39 is 0 Å². The van der Waals surface area contributed by atoms with Crippen LogP contribution in [0.1, 0.15) is 30.1 Å². The molecule has 27 heavy (non-hydrogen) atoms. The summed E-state index contributed by atoms with van der Waals surface area (Å²) in [6, 6.07) is 8.10. The molecule has 1 atom stereocenters. The fraction of sp³-hybridized carbons (Fsp3) is 0.429. The Hall–Kier alpha value is -2.05. The topological polar surface area (TPSA) is 43.2 Å². The third-order valence-corrected chi connectivity index (χ3v) is 5.89. The Morgan fingerprint density at radius 2 is 2.19 bits per heavy atom. The molecule has 5 nitrogen and oxygen atoms in total. The quantitative estimate of drug-likeness (QED) is 0.508. The van der Waals surface area contributed by atoms with Crippen molar-refractivity contribution in [3.63, 3.8) is 0 Å². The first kappa shape index (κ1) is 19.7. The van der Waals surface area contributed by atoms with Crippen LogP contribution in [0.4, 0.5) is 0 Å². The fourth-order valence-electron chi connectivity index (χ4n) is 3.51. The molecule has 0 spiro atoms. The summed E-state index contributed by atoms with van der Waals surface area (Å²) in [7, 11) is 3.78. The summed E-state index contributed by atoms with van der Waals surface area (Å²) in [5.41, 5.74) is 1.12. The lowest BCUT2D eigenvalue weighted by Gasteiger charge is -2.31. The number of para-hydroxylation sites is 1. The Morgan fingerprint density at radius 3 is 3.00 bits per heavy atom. The van der Waals surface area contributed by atoms with Crippen LogP contribution in [0.3, 0.4) is 0 Å². The van der Waals surface area contributed by atoms with Gasteiger partial charge in [-0.05, 0) is 25.5 Å². The summed E-state index contributed by atoms with van der Waals surface area (Å²) in [6.07, 6.45) is 8.63. The number of likely N-dealkylation sites (tertiary alicyclic amines) is 1. The Labute approximate surface area is 166 Å². The third kappa shape index (κ3) is 5.02. The second kappa shape index (κ2) is 9.76. The van der Waals surface area contributed by atoms with Crippen LogP contribution in [-0.4, -0.2) is 52.2 Å². The first-order chi connectivity index (χ1) is 13.2. The molecule has 1 aliphatic rings. The van der Waals surface area contributed by atoms with Crippen molar-refractivity contribution in [3.05, 3.63) is 54.4 Å². The van der Waals surface area contributed by atoms with Gasteiger partial charge in [0.2, 0.25) is 0 Å². The largest absolute Gasteiger partial charge is 0.496 e. The lowest BCUT2D eigenvalue weighted by molar-refractivity contribution is 0.222. The van der Waals surface area contributed by atoms with Gasteiger partial charge in [-0.3, -0.25) is 4.90 Å². The summed E-state index contributed by atoms with van der Waals surface area (Å²) >= 11 is 1.68. The maximum absolute atomic E-state index is 5.42. The van der Waals surface area contributed by atoms with Crippen LogP contribution in [0.25, 0.3) is 6.08 Å². The third-order valence-electron chi connectivity index (χ3n) is 4.87. The van der Waals surface area contributed by atoms with E-state index in [0.29, 0.717) is 5.92 Å². The highest BCUT2D eigenvalue weighted by Gasteiger charge is 2.25. The monoisotopic (exact) mass is 384 g/mol. The van der Waals surface area contributed by atoms with Crippen molar-refractivity contribution in [2.75, 3.05) is 32.5 Å². The van der Waals surface area contributed by atoms with Crippen molar-refractivity contribution in [1.82, 2.24) is 19.7 Å². The number of methoxy groups -OCH3 is 1. The normalized spacial score (nSPS) is 18.1. The molecule has 0 bridgehead atoms. The van der Waals surface area contributed by atoms with Crippen molar-refractivity contribution < 1.29 is 4.74 Å². The highest BCUT2D eigenvalue weighted by Crippen LogP contribution is 2.28. The maximum atomic E-state index is 5.42. The smallest absolute Gasteiger partial charge is 0.191 e. The van der Waals surface area contributed by atoms with Crippen LogP contribution in [0.5, 0.6) is 5.75 Å². The molecule has 0 saturated carbocycles. The molecule has 3 rings (SSSR count). The Bertz CT molecular complexity index is 786. The molecule has 0 aliphatic carbocycles. The van der Waals surface area contributed by atoms with Gasteiger partial charge < -0.3 is 9.30 Å². The van der Waals surface area contributed by atoms with Gasteiger partial charge in [-0.15, -0.1) is 16.8 Å². The van der Waals surface area contributed by atoms with Crippen LogP contribution in [0.15, 0.2) is 48.2 Å². The molecule has 6 heteroatoms. The Morgan fingerprint density at radius 1 is 1.33 bits per heavy atom. The summed E-state index contributed by atoms with van der Waals surface area (Å²) in [5.74, 6) is 3.30. The Balaban J connectivity index is 1.60. The predicted octanol–water partition coefficient (Wildman–Crippen LogP) is 3.99. The van der Waals surface area contributed by atoms with Gasteiger partial charge in [0.25, 0.3) is 0 Å². The lowest BCUT2D eigenvalue weighted by atomic mass is 9.97. The predicted molar refractivity (Wildman–Crippen MR) is 112 cm³/mol. The van der Waals surface area contributed by atoms with Crippen LogP contribution in [0.2, 0.25) is 0 Å². The van der Waals surface area contributed by atoms with Crippen LogP contribution >= 0.6 is 11.8 Å². The molecule has 0 radical (unpaired) electrons. The van der Waals surface area contributed by atoms with E-state index in [1.54, 1.807) is 18.9 Å². The summed E-state index contributed by atoms with van der Waals surface area (Å²) < 4.78 is 7.56. The average Bonchev–Trinajstić information content (AvgIpc) is 3.07. The highest BCUT2D eigenvalue weighted by molar-refractivity contribution is 7.99. The zero-order chi connectivity index (χ0) is 19.1. The molecule has 1 unspecified atom stereocenters. The van der Waals surface area contributed by atoms with E-state index in [0.717, 1.165) is 47.7 Å². The molecule has 1 saturated heterocycles. The number of nitrogens with zero attached hydrogens (tertiary/aromatic N) is 4. The van der Waals surface area contributed by atoms with E-state index in [2.05, 4.69) is 51.5 Å². The molecule has 0 amide bonds. The van der Waals surface area contributed by atoms with Gasteiger partial charge in [-0.1, -0.05) is 48.2 Å². The molecular formula is C21H28N4OS. The number of rotatable bonds is 8. The molecule has 1 aliphatic heterocycles. The van der Waals surface area contributed by atoms with Crippen molar-refractivity contribution in [3.8, 4) is 5.75 Å². The number of thioether (sulfide) groups is 1. The van der Waals surface area contributed by atoms with Crippen LogP contribution in [-0.2, 0) is 7.05 Å². The van der Waals surface area contributed by atoms with Crippen molar-refractivity contribution >= 4 is 17.8 Å². The number of hydrogen-bond donors (Lipinski definition) is 0. The van der Waals surface area contributed by atoms with Gasteiger partial charge >= 0.3 is 0 Å². The van der Waals surface area contributed by atoms with Crippen molar-refractivity contribution in [2.45, 2.75) is 23.9 Å². The van der Waals surface area contributed by atoms with Gasteiger partial charge in [0.05, 0.1) is 7.11 Å². The molecular weight excluding hydrogens is 356 g/mol. The molecule has 2 aromatic rings. The van der Waals surface area contributed by atoms with E-state index in [-0.39, 0.29) is 0 Å². The van der Waals surface area contributed by atoms with Crippen molar-refractivity contribution in [1.29, 1.82) is 0 Å². The van der Waals surface area contributed by atoms with E-state index in [4.69, 9.17) is 4.74 Å². The molecule has 144 valence electrons. The number of piperidine rings is 1. The SMILES string of the molecule is C=CCSc1nnc(C2CCCN(C/C=C/c3ccccc3OC)C2)n1C. The highest BCUT2D eigenvalue weighted by atomic mass is 32.2. The molecule has 1 aromatic carbocycles. The summed E-state index contributed by atoms with van der Waals surface area (Å²) in [4.78, 5) is 2.49. The van der Waals surface area contributed by atoms with Crippen LogP contribution in [0, 0.1) is 0 Å². The number of benzene rings is 1. The summed E-state index contributed by atoms with van der Waals surface area (Å²) in [6.45, 7) is 6.86. The minimum Gasteiger partial charge on any atom is -0.496 e. The Kier molecular flexibility index (Phi) is 7.12. The van der Waals surface area contributed by atoms with Gasteiger partial charge in [-0.2, -0.15) is 0 Å². The molecule has 0 N–H and O–H groups in total. The average molecular weight is 385 g/mol. The number of aromatic nitrogens is 3. The van der Waals surface area contributed by atoms with Gasteiger partial charge in [-0.25, -0.2) is 0 Å².